The van der Waals surface area contributed by atoms with E-state index in [-0.39, 0.29) is 11.9 Å². The van der Waals surface area contributed by atoms with Crippen molar-refractivity contribution in [3.05, 3.63) is 23.2 Å². The van der Waals surface area contributed by atoms with Crippen LogP contribution in [0.5, 0.6) is 0 Å². The molecule has 0 aliphatic heterocycles. The Bertz CT molecular complexity index is 440. The monoisotopic (exact) mass is 285 g/mol. The number of halogens is 1. The minimum atomic E-state index is -0.274. The van der Waals surface area contributed by atoms with Gasteiger partial charge in [0.2, 0.25) is 5.91 Å². The van der Waals surface area contributed by atoms with Crippen LogP contribution in [0.1, 0.15) is 6.92 Å². The van der Waals surface area contributed by atoms with Crippen LogP contribution >= 0.6 is 11.6 Å². The van der Waals surface area contributed by atoms with E-state index in [4.69, 9.17) is 22.1 Å². The number of hydrogen-bond acceptors (Lipinski definition) is 4. The second-order valence-corrected chi connectivity index (χ2v) is 4.79. The first-order valence-electron chi connectivity index (χ1n) is 6.00. The lowest BCUT2D eigenvalue weighted by atomic mass is 10.2. The lowest BCUT2D eigenvalue weighted by Crippen LogP contribution is -2.41. The highest BCUT2D eigenvalue weighted by Crippen LogP contribution is 2.24. The van der Waals surface area contributed by atoms with Crippen LogP contribution in [0, 0.1) is 0 Å². The molecular formula is C13H20ClN3O2. The Kier molecular flexibility index (Phi) is 6.08. The number of carbonyl (C=O) groups excluding carboxylic acids is 1. The fourth-order valence-corrected chi connectivity index (χ4v) is 1.74. The maximum atomic E-state index is 12.1. The Morgan fingerprint density at radius 1 is 1.58 bits per heavy atom. The van der Waals surface area contributed by atoms with Gasteiger partial charge in [-0.3, -0.25) is 9.69 Å². The molecule has 1 atom stereocenters. The number of nitrogens with zero attached hydrogens (tertiary/aromatic N) is 1. The summed E-state index contributed by atoms with van der Waals surface area (Å²) in [7, 11) is 3.50. The summed E-state index contributed by atoms with van der Waals surface area (Å²) in [6, 6.07) is 4.72. The molecule has 1 unspecified atom stereocenters. The van der Waals surface area contributed by atoms with Crippen LogP contribution in [0.2, 0.25) is 5.02 Å². The van der Waals surface area contributed by atoms with Gasteiger partial charge in [-0.2, -0.15) is 0 Å². The van der Waals surface area contributed by atoms with Gasteiger partial charge in [-0.1, -0.05) is 11.6 Å². The summed E-state index contributed by atoms with van der Waals surface area (Å²) in [5.74, 6) is -0.120. The van der Waals surface area contributed by atoms with Crippen molar-refractivity contribution in [3.8, 4) is 0 Å². The van der Waals surface area contributed by atoms with Crippen molar-refractivity contribution in [2.24, 2.45) is 0 Å². The van der Waals surface area contributed by atoms with E-state index >= 15 is 0 Å². The molecule has 3 N–H and O–H groups in total. The summed E-state index contributed by atoms with van der Waals surface area (Å²) in [4.78, 5) is 14.0. The quantitative estimate of drug-likeness (QED) is 0.783. The molecule has 0 aliphatic rings. The van der Waals surface area contributed by atoms with Gasteiger partial charge < -0.3 is 15.8 Å². The van der Waals surface area contributed by atoms with Crippen molar-refractivity contribution in [1.82, 2.24) is 4.90 Å². The molecule has 0 heterocycles. The van der Waals surface area contributed by atoms with E-state index in [0.717, 1.165) is 0 Å². The topological polar surface area (TPSA) is 67.6 Å². The van der Waals surface area contributed by atoms with Crippen LogP contribution in [0.15, 0.2) is 18.2 Å². The number of anilines is 2. The zero-order chi connectivity index (χ0) is 14.4. The number of amides is 1. The van der Waals surface area contributed by atoms with Crippen molar-refractivity contribution >= 4 is 28.9 Å². The molecule has 0 saturated heterocycles. The second-order valence-electron chi connectivity index (χ2n) is 4.38. The third kappa shape index (κ3) is 4.70. The molecule has 0 fully saturated rings. The maximum Gasteiger partial charge on any atom is 0.241 e. The fourth-order valence-electron chi connectivity index (χ4n) is 1.50. The summed E-state index contributed by atoms with van der Waals surface area (Å²) in [5.41, 5.74) is 6.73. The molecule has 0 spiro atoms. The largest absolute Gasteiger partial charge is 0.399 e. The van der Waals surface area contributed by atoms with E-state index in [2.05, 4.69) is 5.32 Å². The van der Waals surface area contributed by atoms with Gasteiger partial charge in [0.1, 0.15) is 0 Å². The van der Waals surface area contributed by atoms with Crippen molar-refractivity contribution in [2.75, 3.05) is 38.4 Å². The van der Waals surface area contributed by atoms with E-state index in [0.29, 0.717) is 29.5 Å². The molecule has 6 heteroatoms. The average Bonchev–Trinajstić information content (AvgIpc) is 2.38. The highest BCUT2D eigenvalue weighted by Gasteiger charge is 2.18. The molecule has 1 rings (SSSR count). The number of rotatable bonds is 6. The zero-order valence-electron chi connectivity index (χ0n) is 11.4. The normalized spacial score (nSPS) is 12.5. The number of benzene rings is 1. The molecular weight excluding hydrogens is 266 g/mol. The van der Waals surface area contributed by atoms with E-state index < -0.39 is 0 Å². The van der Waals surface area contributed by atoms with Gasteiger partial charge >= 0.3 is 0 Å². The number of nitrogens with two attached hydrogens (primary N) is 1. The summed E-state index contributed by atoms with van der Waals surface area (Å²) in [5, 5.41) is 3.22. The molecule has 19 heavy (non-hydrogen) atoms. The number of hydrogen-bond donors (Lipinski definition) is 2. The van der Waals surface area contributed by atoms with E-state index in [1.54, 1.807) is 25.3 Å². The highest BCUT2D eigenvalue weighted by molar-refractivity contribution is 6.34. The van der Waals surface area contributed by atoms with Crippen LogP contribution in [0.25, 0.3) is 0 Å². The average molecular weight is 286 g/mol. The molecule has 5 nitrogen and oxygen atoms in total. The summed E-state index contributed by atoms with van der Waals surface area (Å²) in [6.07, 6.45) is 0. The Labute approximate surface area is 118 Å². The van der Waals surface area contributed by atoms with E-state index in [1.165, 1.54) is 0 Å². The predicted octanol–water partition coefficient (Wildman–Crippen LogP) is 1.83. The lowest BCUT2D eigenvalue weighted by Gasteiger charge is -2.23. The van der Waals surface area contributed by atoms with Crippen LogP contribution < -0.4 is 11.1 Å². The standard InChI is InChI=1S/C13H20ClN3O2/c1-9(17(2)6-7-19-3)13(18)16-12-5-4-10(15)8-11(12)14/h4-5,8-9H,6-7,15H2,1-3H3,(H,16,18). The van der Waals surface area contributed by atoms with Gasteiger partial charge in [-0.15, -0.1) is 0 Å². The van der Waals surface area contributed by atoms with Crippen LogP contribution in [0.4, 0.5) is 11.4 Å². The highest BCUT2D eigenvalue weighted by atomic mass is 35.5. The van der Waals surface area contributed by atoms with Gasteiger partial charge in [0.05, 0.1) is 23.4 Å². The van der Waals surface area contributed by atoms with Gasteiger partial charge in [-0.25, -0.2) is 0 Å². The number of nitrogens with one attached hydrogen (secondary N) is 1. The molecule has 1 amide bonds. The predicted molar refractivity (Wildman–Crippen MR) is 78.5 cm³/mol. The zero-order valence-corrected chi connectivity index (χ0v) is 12.2. The van der Waals surface area contributed by atoms with Crippen LogP contribution in [-0.2, 0) is 9.53 Å². The second kappa shape index (κ2) is 7.33. The Morgan fingerprint density at radius 2 is 2.26 bits per heavy atom. The Balaban J connectivity index is 2.63. The number of nitrogen functional groups attached to an aromatic ring is 1. The van der Waals surface area contributed by atoms with Crippen LogP contribution in [0.3, 0.4) is 0 Å². The maximum absolute atomic E-state index is 12.1. The number of ether oxygens (including phenoxy) is 1. The van der Waals surface area contributed by atoms with Crippen molar-refractivity contribution in [3.63, 3.8) is 0 Å². The number of methoxy groups -OCH3 is 1. The summed E-state index contributed by atoms with van der Waals surface area (Å²) < 4.78 is 4.98. The van der Waals surface area contributed by atoms with Gasteiger partial charge in [0.25, 0.3) is 0 Å². The first-order valence-corrected chi connectivity index (χ1v) is 6.38. The minimum absolute atomic E-state index is 0.120. The van der Waals surface area contributed by atoms with Crippen LogP contribution in [-0.4, -0.2) is 44.2 Å². The molecule has 0 aromatic heterocycles. The molecule has 1 aromatic carbocycles. The number of likely N-dealkylation sites (N-methyl/N-ethyl adjacent to an activating group) is 1. The Hall–Kier alpha value is -1.30. The molecule has 106 valence electrons. The summed E-state index contributed by atoms with van der Waals surface area (Å²) in [6.45, 7) is 3.09. The van der Waals surface area contributed by atoms with E-state index in [9.17, 15) is 4.79 Å². The molecule has 0 radical (unpaired) electrons. The first kappa shape index (κ1) is 15.8. The van der Waals surface area contributed by atoms with Crippen molar-refractivity contribution in [1.29, 1.82) is 0 Å². The molecule has 0 saturated carbocycles. The van der Waals surface area contributed by atoms with Gasteiger partial charge in [0.15, 0.2) is 0 Å². The third-order valence-electron chi connectivity index (χ3n) is 2.94. The van der Waals surface area contributed by atoms with Gasteiger partial charge in [0, 0.05) is 19.3 Å². The lowest BCUT2D eigenvalue weighted by molar-refractivity contribution is -0.120. The number of carbonyl (C=O) groups is 1. The molecule has 1 aromatic rings. The smallest absolute Gasteiger partial charge is 0.241 e. The van der Waals surface area contributed by atoms with Crippen molar-refractivity contribution in [2.45, 2.75) is 13.0 Å². The Morgan fingerprint density at radius 3 is 2.84 bits per heavy atom. The van der Waals surface area contributed by atoms with E-state index in [1.807, 2.05) is 18.9 Å². The minimum Gasteiger partial charge on any atom is -0.399 e. The summed E-state index contributed by atoms with van der Waals surface area (Å²) >= 11 is 6.01. The molecule has 0 aliphatic carbocycles. The SMILES string of the molecule is COCCN(C)C(C)C(=O)Nc1ccc(N)cc1Cl. The third-order valence-corrected chi connectivity index (χ3v) is 3.25. The first-order chi connectivity index (χ1) is 8.95. The molecule has 0 bridgehead atoms. The van der Waals surface area contributed by atoms with Crippen molar-refractivity contribution < 1.29 is 9.53 Å². The fraction of sp³-hybridized carbons (Fsp3) is 0.462. The van der Waals surface area contributed by atoms with Gasteiger partial charge in [-0.05, 0) is 32.2 Å².